The van der Waals surface area contributed by atoms with Crippen molar-refractivity contribution in [3.05, 3.63) is 89.0 Å². The van der Waals surface area contributed by atoms with E-state index in [0.29, 0.717) is 23.5 Å². The molecule has 3 N–H and O–H groups in total. The molecule has 0 bridgehead atoms. The van der Waals surface area contributed by atoms with E-state index in [9.17, 15) is 24.2 Å². The van der Waals surface area contributed by atoms with Crippen LogP contribution in [0.25, 0.3) is 11.8 Å². The predicted molar refractivity (Wildman–Crippen MR) is 151 cm³/mol. The van der Waals surface area contributed by atoms with E-state index in [0.717, 1.165) is 5.56 Å². The minimum Gasteiger partial charge on any atom is -0.460 e. The van der Waals surface area contributed by atoms with Crippen LogP contribution in [0.5, 0.6) is 0 Å². The zero-order chi connectivity index (χ0) is 29.4. The Morgan fingerprint density at radius 3 is 2.33 bits per heavy atom. The third-order valence-corrected chi connectivity index (χ3v) is 5.93. The van der Waals surface area contributed by atoms with Gasteiger partial charge in [-0.2, -0.15) is 5.10 Å². The van der Waals surface area contributed by atoms with Gasteiger partial charge in [0.25, 0.3) is 5.91 Å². The van der Waals surface area contributed by atoms with Gasteiger partial charge in [-0.1, -0.05) is 50.3 Å². The van der Waals surface area contributed by atoms with E-state index in [2.05, 4.69) is 10.4 Å². The van der Waals surface area contributed by atoms with Gasteiger partial charge in [0.2, 0.25) is 0 Å². The number of ether oxygens (including phenoxy) is 1. The Morgan fingerprint density at radius 1 is 1.07 bits per heavy atom. The third kappa shape index (κ3) is 8.86. The number of nitrogens with one attached hydrogen (secondary N) is 1. The van der Waals surface area contributed by atoms with Crippen LogP contribution >= 0.6 is 0 Å². The summed E-state index contributed by atoms with van der Waals surface area (Å²) in [5, 5.41) is 28.4. The summed E-state index contributed by atoms with van der Waals surface area (Å²) in [6.45, 7) is 9.39. The first-order valence-electron chi connectivity index (χ1n) is 13.3. The summed E-state index contributed by atoms with van der Waals surface area (Å²) in [6.07, 6.45) is 0.558. The Labute approximate surface area is 234 Å². The molecule has 0 aliphatic carbocycles. The number of aromatic nitrogens is 2. The molecule has 0 aliphatic heterocycles. The maximum Gasteiger partial charge on any atom is 0.308 e. The number of hydrogen-bond donors (Lipinski definition) is 3. The number of hydrogen-bond acceptors (Lipinski definition) is 6. The van der Waals surface area contributed by atoms with E-state index in [-0.39, 0.29) is 30.4 Å². The van der Waals surface area contributed by atoms with Crippen molar-refractivity contribution in [2.75, 3.05) is 0 Å². The molecule has 2 atom stereocenters. The van der Waals surface area contributed by atoms with Crippen LogP contribution in [0.2, 0.25) is 0 Å². The lowest BCUT2D eigenvalue weighted by molar-refractivity contribution is -0.157. The second-order valence-corrected chi connectivity index (χ2v) is 11.0. The average Bonchev–Trinajstić information content (AvgIpc) is 3.25. The summed E-state index contributed by atoms with van der Waals surface area (Å²) in [7, 11) is 0. The van der Waals surface area contributed by atoms with Crippen LogP contribution in [-0.4, -0.2) is 49.7 Å². The molecule has 214 valence electrons. The molecular formula is C31H38FN3O5. The Balaban J connectivity index is 1.88. The zero-order valence-corrected chi connectivity index (χ0v) is 23.6. The Morgan fingerprint density at radius 2 is 1.73 bits per heavy atom. The molecule has 0 unspecified atom stereocenters. The molecular weight excluding hydrogens is 513 g/mol. The van der Waals surface area contributed by atoms with E-state index in [1.807, 2.05) is 44.2 Å². The fourth-order valence-corrected chi connectivity index (χ4v) is 4.20. The lowest BCUT2D eigenvalue weighted by atomic mass is 9.98. The van der Waals surface area contributed by atoms with E-state index in [1.165, 1.54) is 22.9 Å². The Bertz CT molecular complexity index is 1310. The normalized spacial score (nSPS) is 13.4. The van der Waals surface area contributed by atoms with Gasteiger partial charge in [-0.3, -0.25) is 9.59 Å². The summed E-state index contributed by atoms with van der Waals surface area (Å²) in [5.41, 5.74) is 2.19. The summed E-state index contributed by atoms with van der Waals surface area (Å²) in [4.78, 5) is 25.3. The van der Waals surface area contributed by atoms with Gasteiger partial charge in [0.05, 0.1) is 30.0 Å². The fourth-order valence-electron chi connectivity index (χ4n) is 4.20. The van der Waals surface area contributed by atoms with Crippen LogP contribution in [-0.2, 0) is 16.1 Å². The minimum atomic E-state index is -1.11. The molecule has 0 saturated carbocycles. The van der Waals surface area contributed by atoms with Crippen LogP contribution in [0.3, 0.4) is 0 Å². The number of rotatable bonds is 11. The van der Waals surface area contributed by atoms with Crippen molar-refractivity contribution in [1.29, 1.82) is 0 Å². The van der Waals surface area contributed by atoms with Gasteiger partial charge >= 0.3 is 5.97 Å². The van der Waals surface area contributed by atoms with Crippen molar-refractivity contribution in [3.8, 4) is 5.69 Å². The van der Waals surface area contributed by atoms with Gasteiger partial charge in [0.1, 0.15) is 11.4 Å². The van der Waals surface area contributed by atoms with Crippen LogP contribution in [0, 0.1) is 5.82 Å². The molecule has 2 aromatic carbocycles. The minimum absolute atomic E-state index is 0.0954. The topological polar surface area (TPSA) is 114 Å². The van der Waals surface area contributed by atoms with Crippen molar-refractivity contribution in [2.24, 2.45) is 0 Å². The molecule has 1 amide bonds. The van der Waals surface area contributed by atoms with Crippen molar-refractivity contribution in [1.82, 2.24) is 15.1 Å². The molecule has 8 nitrogen and oxygen atoms in total. The van der Waals surface area contributed by atoms with Crippen molar-refractivity contribution in [2.45, 2.75) is 77.7 Å². The predicted octanol–water partition coefficient (Wildman–Crippen LogP) is 4.92. The Kier molecular flexibility index (Phi) is 10.4. The zero-order valence-electron chi connectivity index (χ0n) is 23.6. The number of esters is 1. The van der Waals surface area contributed by atoms with Crippen molar-refractivity contribution in [3.63, 3.8) is 0 Å². The molecule has 0 aliphatic rings. The molecule has 0 fully saturated rings. The summed E-state index contributed by atoms with van der Waals surface area (Å²) in [6, 6.07) is 15.2. The van der Waals surface area contributed by atoms with Crippen molar-refractivity contribution < 1.29 is 28.9 Å². The summed E-state index contributed by atoms with van der Waals surface area (Å²) < 4.78 is 20.4. The number of aliphatic hydroxyl groups excluding tert-OH is 2. The molecule has 3 rings (SSSR count). The largest absolute Gasteiger partial charge is 0.460 e. The maximum atomic E-state index is 13.7. The molecule has 1 heterocycles. The first kappa shape index (κ1) is 30.7. The smallest absolute Gasteiger partial charge is 0.308 e. The SMILES string of the molecule is CC(C)c1c(C(=O)NCc2ccccc2)nn(-c2ccc(F)cc2)c1/C=C/[C@@H](O)C[C@@H](O)CC(=O)OC(C)(C)C. The number of benzene rings is 2. The highest BCUT2D eigenvalue weighted by Crippen LogP contribution is 2.28. The van der Waals surface area contributed by atoms with E-state index >= 15 is 0 Å². The van der Waals surface area contributed by atoms with Crippen LogP contribution in [0.1, 0.15) is 80.7 Å². The lowest BCUT2D eigenvalue weighted by Crippen LogP contribution is -2.27. The highest BCUT2D eigenvalue weighted by atomic mass is 19.1. The molecule has 9 heteroatoms. The second kappa shape index (κ2) is 13.5. The molecule has 1 aromatic heterocycles. The van der Waals surface area contributed by atoms with Gasteiger partial charge in [-0.15, -0.1) is 0 Å². The number of aliphatic hydroxyl groups is 2. The van der Waals surface area contributed by atoms with E-state index in [1.54, 1.807) is 39.0 Å². The number of amides is 1. The van der Waals surface area contributed by atoms with Gasteiger partial charge < -0.3 is 20.3 Å². The number of carbonyl (C=O) groups excluding carboxylic acids is 2. The van der Waals surface area contributed by atoms with E-state index < -0.39 is 29.6 Å². The quantitative estimate of drug-likeness (QED) is 0.292. The standard InChI is InChI=1S/C31H38FN3O5/c1-20(2)28-26(16-15-24(36)17-25(37)18-27(38)40-31(3,4)5)35(23-13-11-22(32)12-14-23)34-29(28)30(39)33-19-21-9-7-6-8-10-21/h6-16,20,24-25,36-37H,17-19H2,1-5H3,(H,33,39)/b16-15+/t24-,25-/m1/s1. The molecule has 0 saturated heterocycles. The van der Waals surface area contributed by atoms with Crippen LogP contribution in [0.15, 0.2) is 60.7 Å². The molecule has 40 heavy (non-hydrogen) atoms. The van der Waals surface area contributed by atoms with Crippen molar-refractivity contribution >= 4 is 18.0 Å². The first-order chi connectivity index (χ1) is 18.8. The molecule has 3 aromatic rings. The highest BCUT2D eigenvalue weighted by molar-refractivity contribution is 5.95. The van der Waals surface area contributed by atoms with Gasteiger partial charge in [0.15, 0.2) is 5.69 Å². The second-order valence-electron chi connectivity index (χ2n) is 11.0. The first-order valence-corrected chi connectivity index (χ1v) is 13.3. The summed E-state index contributed by atoms with van der Waals surface area (Å²) in [5.74, 6) is -1.45. The summed E-state index contributed by atoms with van der Waals surface area (Å²) >= 11 is 0. The molecule has 0 spiro atoms. The fraction of sp³-hybridized carbons (Fsp3) is 0.387. The van der Waals surface area contributed by atoms with Crippen LogP contribution in [0.4, 0.5) is 4.39 Å². The Hall–Kier alpha value is -3.82. The number of carbonyl (C=O) groups is 2. The van der Waals surface area contributed by atoms with Gasteiger partial charge in [-0.05, 0) is 62.6 Å². The number of nitrogens with zero attached hydrogens (tertiary/aromatic N) is 2. The lowest BCUT2D eigenvalue weighted by Gasteiger charge is -2.21. The third-order valence-electron chi connectivity index (χ3n) is 5.93. The highest BCUT2D eigenvalue weighted by Gasteiger charge is 2.25. The maximum absolute atomic E-state index is 13.7. The van der Waals surface area contributed by atoms with Gasteiger partial charge in [-0.25, -0.2) is 9.07 Å². The average molecular weight is 552 g/mol. The van der Waals surface area contributed by atoms with Gasteiger partial charge in [0, 0.05) is 18.5 Å². The monoisotopic (exact) mass is 551 g/mol. The van der Waals surface area contributed by atoms with E-state index in [4.69, 9.17) is 4.74 Å². The molecule has 0 radical (unpaired) electrons. The number of halogens is 1. The van der Waals surface area contributed by atoms with Crippen LogP contribution < -0.4 is 5.32 Å².